The predicted octanol–water partition coefficient (Wildman–Crippen LogP) is 7.73. The van der Waals surface area contributed by atoms with Gasteiger partial charge >= 0.3 is 19.8 Å². The first-order valence-corrected chi connectivity index (χ1v) is 17.8. The molecule has 0 saturated carbocycles. The largest absolute Gasteiger partial charge is 0.472 e. The summed E-state index contributed by atoms with van der Waals surface area (Å²) in [6.45, 7) is 4.33. The molecule has 0 bridgehead atoms. The Morgan fingerprint density at radius 2 is 1.10 bits per heavy atom. The van der Waals surface area contributed by atoms with E-state index in [0.717, 1.165) is 38.5 Å². The summed E-state index contributed by atoms with van der Waals surface area (Å²) in [7, 11) is 1.48. The van der Waals surface area contributed by atoms with Crippen molar-refractivity contribution in [2.45, 2.75) is 142 Å². The van der Waals surface area contributed by atoms with Gasteiger partial charge in [0.15, 0.2) is 6.10 Å². The summed E-state index contributed by atoms with van der Waals surface area (Å²) in [5.74, 6) is -0.805. The van der Waals surface area contributed by atoms with E-state index in [4.69, 9.17) is 18.5 Å². The first-order chi connectivity index (χ1) is 19.5. The summed E-state index contributed by atoms with van der Waals surface area (Å²) in [5, 5.41) is 0. The second-order valence-corrected chi connectivity index (χ2v) is 13.7. The van der Waals surface area contributed by atoms with Gasteiger partial charge in [-0.05, 0) is 12.8 Å². The van der Waals surface area contributed by atoms with Crippen molar-refractivity contribution < 1.29 is 42.1 Å². The van der Waals surface area contributed by atoms with Gasteiger partial charge in [-0.1, -0.05) is 110 Å². The van der Waals surface area contributed by atoms with Crippen molar-refractivity contribution in [3.63, 3.8) is 0 Å². The number of quaternary nitrogens is 1. The number of rotatable bonds is 29. The summed E-state index contributed by atoms with van der Waals surface area (Å²) in [4.78, 5) is 34.8. The number of ether oxygens (including phenoxy) is 2. The van der Waals surface area contributed by atoms with Crippen molar-refractivity contribution in [3.8, 4) is 0 Å². The third-order valence-electron chi connectivity index (χ3n) is 6.89. The monoisotopic (exact) mass is 608 g/mol. The molecule has 0 rings (SSSR count). The van der Waals surface area contributed by atoms with E-state index in [1.54, 1.807) is 0 Å². The lowest BCUT2D eigenvalue weighted by Gasteiger charge is -2.24. The summed E-state index contributed by atoms with van der Waals surface area (Å²) < 4.78 is 33.9. The summed E-state index contributed by atoms with van der Waals surface area (Å²) in [5.41, 5.74) is 0. The third kappa shape index (κ3) is 28.9. The van der Waals surface area contributed by atoms with Crippen LogP contribution in [-0.2, 0) is 32.7 Å². The van der Waals surface area contributed by atoms with Crippen molar-refractivity contribution in [3.05, 3.63) is 0 Å². The van der Waals surface area contributed by atoms with Gasteiger partial charge in [0.05, 0.1) is 27.7 Å². The lowest BCUT2D eigenvalue weighted by atomic mass is 10.1. The molecule has 0 saturated heterocycles. The minimum absolute atomic E-state index is 0.0355. The Morgan fingerprint density at radius 3 is 1.56 bits per heavy atom. The van der Waals surface area contributed by atoms with Gasteiger partial charge in [0.25, 0.3) is 0 Å². The minimum Gasteiger partial charge on any atom is -0.462 e. The maximum atomic E-state index is 12.4. The maximum absolute atomic E-state index is 12.4. The zero-order valence-corrected chi connectivity index (χ0v) is 27.9. The number of hydrogen-bond donors (Lipinski definition) is 1. The normalized spacial score (nSPS) is 14.0. The molecule has 0 aromatic heterocycles. The molecule has 2 atom stereocenters. The Morgan fingerprint density at radius 1 is 0.659 bits per heavy atom. The first kappa shape index (κ1) is 40.0. The van der Waals surface area contributed by atoms with Gasteiger partial charge in [-0.3, -0.25) is 18.6 Å². The number of unbranched alkanes of at least 4 members (excludes halogenated alkanes) is 15. The second kappa shape index (κ2) is 25.5. The number of esters is 2. The van der Waals surface area contributed by atoms with Gasteiger partial charge in [-0.2, -0.15) is 0 Å². The number of carbonyl (C=O) groups excluding carboxylic acids is 2. The Hall–Kier alpha value is -0.990. The van der Waals surface area contributed by atoms with Crippen LogP contribution in [0.4, 0.5) is 0 Å². The van der Waals surface area contributed by atoms with Crippen LogP contribution in [-0.4, -0.2) is 74.9 Å². The van der Waals surface area contributed by atoms with E-state index in [1.165, 1.54) is 64.2 Å². The lowest BCUT2D eigenvalue weighted by Crippen LogP contribution is -2.37. The summed E-state index contributed by atoms with van der Waals surface area (Å²) in [6.07, 6.45) is 18.8. The molecule has 1 N–H and O–H groups in total. The highest BCUT2D eigenvalue weighted by Gasteiger charge is 2.27. The van der Waals surface area contributed by atoms with Gasteiger partial charge in [0.1, 0.15) is 19.8 Å². The van der Waals surface area contributed by atoms with Crippen LogP contribution >= 0.6 is 7.82 Å². The number of hydrogen-bond acceptors (Lipinski definition) is 7. The molecule has 0 spiro atoms. The van der Waals surface area contributed by atoms with Crippen LogP contribution in [0.25, 0.3) is 0 Å². The van der Waals surface area contributed by atoms with Gasteiger partial charge < -0.3 is 18.9 Å². The highest BCUT2D eigenvalue weighted by Crippen LogP contribution is 2.43. The van der Waals surface area contributed by atoms with E-state index in [1.807, 2.05) is 21.1 Å². The SMILES string of the molecule is CCCCCCCCCCCCC(=O)OC[C@H](COP(=O)(O)OCC[N+](C)(C)C)OC(=O)CCCCCCCCC. The van der Waals surface area contributed by atoms with E-state index < -0.39 is 26.5 Å². The fourth-order valence-electron chi connectivity index (χ4n) is 4.25. The van der Waals surface area contributed by atoms with Crippen molar-refractivity contribution in [2.24, 2.45) is 0 Å². The Balaban J connectivity index is 4.49. The maximum Gasteiger partial charge on any atom is 0.472 e. The fraction of sp³-hybridized carbons (Fsp3) is 0.935. The number of likely N-dealkylation sites (N-methyl/N-ethyl adjacent to an activating group) is 1. The zero-order chi connectivity index (χ0) is 30.8. The quantitative estimate of drug-likeness (QED) is 0.0398. The van der Waals surface area contributed by atoms with Gasteiger partial charge in [0.2, 0.25) is 0 Å². The molecule has 9 nitrogen and oxygen atoms in total. The van der Waals surface area contributed by atoms with Crippen molar-refractivity contribution in [1.29, 1.82) is 0 Å². The Bertz CT molecular complexity index is 698. The molecule has 0 aromatic rings. The van der Waals surface area contributed by atoms with Crippen molar-refractivity contribution in [2.75, 3.05) is 47.5 Å². The number of phosphoric acid groups is 1. The van der Waals surface area contributed by atoms with Crippen molar-refractivity contribution >= 4 is 19.8 Å². The zero-order valence-electron chi connectivity index (χ0n) is 27.0. The van der Waals surface area contributed by atoms with Crippen LogP contribution in [0.2, 0.25) is 0 Å². The molecule has 0 aliphatic carbocycles. The molecule has 0 amide bonds. The Labute approximate surface area is 251 Å². The predicted molar refractivity (Wildman–Crippen MR) is 165 cm³/mol. The standard InChI is InChI=1S/C31H62NO8P/c1-6-8-10-12-14-15-16-18-19-21-23-30(33)37-27-29(28-39-41(35,36)38-26-25-32(3,4)5)40-31(34)24-22-20-17-13-11-9-7-2/h29H,6-28H2,1-5H3/p+1/t29-/m1/s1. The molecule has 0 heterocycles. The van der Waals surface area contributed by atoms with E-state index in [-0.39, 0.29) is 25.6 Å². The topological polar surface area (TPSA) is 108 Å². The van der Waals surface area contributed by atoms with E-state index in [2.05, 4.69) is 13.8 Å². The van der Waals surface area contributed by atoms with Gasteiger partial charge in [-0.25, -0.2) is 4.57 Å². The lowest BCUT2D eigenvalue weighted by molar-refractivity contribution is -0.870. The first-order valence-electron chi connectivity index (χ1n) is 16.3. The molecule has 0 radical (unpaired) electrons. The van der Waals surface area contributed by atoms with E-state index in [9.17, 15) is 19.0 Å². The van der Waals surface area contributed by atoms with Crippen LogP contribution < -0.4 is 0 Å². The molecule has 0 aromatic carbocycles. The molecule has 0 fully saturated rings. The van der Waals surface area contributed by atoms with Crippen LogP contribution in [0.15, 0.2) is 0 Å². The summed E-state index contributed by atoms with van der Waals surface area (Å²) >= 11 is 0. The highest BCUT2D eigenvalue weighted by molar-refractivity contribution is 7.47. The van der Waals surface area contributed by atoms with Crippen LogP contribution in [0.1, 0.15) is 136 Å². The number of nitrogens with zero attached hydrogens (tertiary/aromatic N) is 1. The van der Waals surface area contributed by atoms with E-state index >= 15 is 0 Å². The summed E-state index contributed by atoms with van der Waals surface area (Å²) in [6, 6.07) is 0. The third-order valence-corrected chi connectivity index (χ3v) is 7.87. The Kier molecular flexibility index (Phi) is 24.9. The number of phosphoric ester groups is 1. The molecule has 1 unspecified atom stereocenters. The second-order valence-electron chi connectivity index (χ2n) is 12.2. The van der Waals surface area contributed by atoms with Crippen LogP contribution in [0.3, 0.4) is 0 Å². The van der Waals surface area contributed by atoms with E-state index in [0.29, 0.717) is 23.9 Å². The smallest absolute Gasteiger partial charge is 0.462 e. The van der Waals surface area contributed by atoms with Crippen molar-refractivity contribution in [1.82, 2.24) is 0 Å². The fourth-order valence-corrected chi connectivity index (χ4v) is 4.99. The molecule has 41 heavy (non-hydrogen) atoms. The van der Waals surface area contributed by atoms with Crippen LogP contribution in [0, 0.1) is 0 Å². The van der Waals surface area contributed by atoms with Gasteiger partial charge in [-0.15, -0.1) is 0 Å². The minimum atomic E-state index is -4.34. The molecule has 0 aliphatic rings. The average molecular weight is 609 g/mol. The molecular formula is C31H63NO8P+. The average Bonchev–Trinajstić information content (AvgIpc) is 2.90. The highest BCUT2D eigenvalue weighted by atomic mass is 31.2. The molecule has 0 aliphatic heterocycles. The van der Waals surface area contributed by atoms with Crippen LogP contribution in [0.5, 0.6) is 0 Å². The molecular weight excluding hydrogens is 545 g/mol. The molecule has 244 valence electrons. The van der Waals surface area contributed by atoms with Gasteiger partial charge in [0, 0.05) is 12.8 Å². The number of carbonyl (C=O) groups is 2. The molecule has 10 heteroatoms.